The zero-order valence-electron chi connectivity index (χ0n) is 4.47. The second-order valence-corrected chi connectivity index (χ2v) is 2.62. The van der Waals surface area contributed by atoms with Gasteiger partial charge < -0.3 is 10.0 Å². The fraction of sp³-hybridized carbons (Fsp3) is 0. The van der Waals surface area contributed by atoms with Gasteiger partial charge in [-0.15, -0.1) is 4.10 Å². The van der Waals surface area contributed by atoms with E-state index in [4.69, 9.17) is 10.0 Å². The monoisotopic (exact) mass is 146 g/mol. The van der Waals surface area contributed by atoms with Crippen molar-refractivity contribution in [1.29, 1.82) is 0 Å². The van der Waals surface area contributed by atoms with Crippen LogP contribution in [0.3, 0.4) is 0 Å². The minimum absolute atomic E-state index is 0.630. The highest BCUT2D eigenvalue weighted by molar-refractivity contribution is 7.24. The zero-order chi connectivity index (χ0) is 6.69. The van der Waals surface area contributed by atoms with E-state index in [1.807, 2.05) is 0 Å². The molecule has 0 saturated heterocycles. The summed E-state index contributed by atoms with van der Waals surface area (Å²) in [7, 11) is -2.34. The highest BCUT2D eigenvalue weighted by Gasteiger charge is 2.18. The first kappa shape index (κ1) is 6.69. The molecule has 0 aliphatic rings. The normalized spacial score (nSPS) is 11.6. The van der Waals surface area contributed by atoms with Gasteiger partial charge in [0.1, 0.15) is 0 Å². The van der Waals surface area contributed by atoms with Crippen LogP contribution in [0.25, 0.3) is 0 Å². The molecular weight excluding hydrogens is 141 g/mol. The second kappa shape index (κ2) is 2.93. The number of hydrogen-bond acceptors (Lipinski definition) is 4. The fourth-order valence-electron chi connectivity index (χ4n) is 0.382. The molecule has 48 valence electrons. The molecule has 0 fully saturated rings. The van der Waals surface area contributed by atoms with Crippen LogP contribution in [0.4, 0.5) is 0 Å². The zero-order valence-corrected chi connectivity index (χ0v) is 5.28. The van der Waals surface area contributed by atoms with Gasteiger partial charge in [0.2, 0.25) is 0 Å². The van der Waals surface area contributed by atoms with E-state index in [-0.39, 0.29) is 0 Å². The SMILES string of the molecule is OB(O)O[s+]1ccnc1. The Hall–Kier alpha value is -0.425. The molecule has 6 heteroatoms. The predicted octanol–water partition coefficient (Wildman–Crippen LogP) is -0.771. The van der Waals surface area contributed by atoms with E-state index in [1.165, 1.54) is 5.51 Å². The smallest absolute Gasteiger partial charge is 0.399 e. The number of thiazole rings is 1. The molecule has 1 aromatic rings. The molecule has 1 rings (SSSR count). The van der Waals surface area contributed by atoms with Crippen LogP contribution in [0.1, 0.15) is 0 Å². The van der Waals surface area contributed by atoms with Gasteiger partial charge in [-0.2, -0.15) is 0 Å². The van der Waals surface area contributed by atoms with Crippen molar-refractivity contribution in [2.24, 2.45) is 0 Å². The van der Waals surface area contributed by atoms with Crippen molar-refractivity contribution in [3.05, 3.63) is 17.1 Å². The van der Waals surface area contributed by atoms with Gasteiger partial charge in [-0.05, 0) is 0 Å². The molecule has 0 aliphatic heterocycles. The average molecular weight is 146 g/mol. The van der Waals surface area contributed by atoms with Crippen molar-refractivity contribution >= 4 is 18.1 Å². The van der Waals surface area contributed by atoms with Gasteiger partial charge in [-0.3, -0.25) is 0 Å². The van der Waals surface area contributed by atoms with Crippen molar-refractivity contribution in [2.75, 3.05) is 0 Å². The first-order valence-electron chi connectivity index (χ1n) is 2.24. The molecule has 2 N–H and O–H groups in total. The van der Waals surface area contributed by atoms with Gasteiger partial charge in [0.25, 0.3) is 5.51 Å². The van der Waals surface area contributed by atoms with Crippen molar-refractivity contribution < 1.29 is 14.1 Å². The maximum atomic E-state index is 8.26. The summed E-state index contributed by atoms with van der Waals surface area (Å²) in [6.07, 6.45) is 1.55. The minimum Gasteiger partial charge on any atom is -0.399 e. The first-order chi connectivity index (χ1) is 4.29. The van der Waals surface area contributed by atoms with Crippen LogP contribution in [0.5, 0.6) is 0 Å². The first-order valence-corrected chi connectivity index (χ1v) is 3.52. The molecule has 0 amide bonds. The molecule has 0 bridgehead atoms. The lowest BCUT2D eigenvalue weighted by Gasteiger charge is -1.83. The third-order valence-corrected chi connectivity index (χ3v) is 1.76. The van der Waals surface area contributed by atoms with Gasteiger partial charge in [0, 0.05) is 0 Å². The Balaban J connectivity index is 2.48. The Labute approximate surface area is 55.1 Å². The molecule has 1 aromatic heterocycles. The molecule has 0 aromatic carbocycles. The van der Waals surface area contributed by atoms with Crippen LogP contribution in [-0.4, -0.2) is 22.4 Å². The third-order valence-electron chi connectivity index (χ3n) is 0.643. The van der Waals surface area contributed by atoms with Crippen LogP contribution in [0.2, 0.25) is 0 Å². The van der Waals surface area contributed by atoms with E-state index >= 15 is 0 Å². The van der Waals surface area contributed by atoms with Crippen molar-refractivity contribution in [1.82, 2.24) is 4.98 Å². The number of rotatable bonds is 2. The summed E-state index contributed by atoms with van der Waals surface area (Å²) in [5.41, 5.74) is 1.50. The second-order valence-electron chi connectivity index (χ2n) is 1.29. The Bertz CT molecular complexity index is 166. The average Bonchev–Trinajstić information content (AvgIpc) is 2.15. The number of nitrogens with zero attached hydrogens (tertiary/aromatic N) is 1. The maximum absolute atomic E-state index is 8.26. The summed E-state index contributed by atoms with van der Waals surface area (Å²) in [4.78, 5) is 3.68. The van der Waals surface area contributed by atoms with E-state index in [1.54, 1.807) is 11.6 Å². The standard InChI is InChI=1S/C3H5BNO3S/c6-4(7)8-9-2-1-5-3-9/h1-3,6-7H/q+1. The largest absolute Gasteiger partial charge is 0.688 e. The summed E-state index contributed by atoms with van der Waals surface area (Å²) >= 11 is 0. The molecule has 9 heavy (non-hydrogen) atoms. The predicted molar refractivity (Wildman–Crippen MR) is 33.5 cm³/mol. The Kier molecular flexibility index (Phi) is 2.18. The fourth-order valence-corrected chi connectivity index (χ4v) is 1.15. The van der Waals surface area contributed by atoms with Crippen LogP contribution in [0, 0.1) is 0 Å². The van der Waals surface area contributed by atoms with Crippen LogP contribution >= 0.6 is 10.8 Å². The summed E-state index contributed by atoms with van der Waals surface area (Å²) in [6.45, 7) is 0. The van der Waals surface area contributed by atoms with E-state index < -0.39 is 18.1 Å². The van der Waals surface area contributed by atoms with E-state index in [0.29, 0.717) is 0 Å². The molecular formula is C3H5BNO3S+. The van der Waals surface area contributed by atoms with Crippen molar-refractivity contribution in [2.45, 2.75) is 0 Å². The lowest BCUT2D eigenvalue weighted by atomic mass is 10.3. The van der Waals surface area contributed by atoms with Gasteiger partial charge in [0.05, 0.1) is 6.20 Å². The highest BCUT2D eigenvalue weighted by atomic mass is 32.2. The van der Waals surface area contributed by atoms with Crippen LogP contribution in [0.15, 0.2) is 17.1 Å². The van der Waals surface area contributed by atoms with Gasteiger partial charge in [0.15, 0.2) is 16.1 Å². The topological polar surface area (TPSA) is 62.6 Å². The number of hydrogen-bond donors (Lipinski definition) is 2. The Morgan fingerprint density at radius 2 is 2.33 bits per heavy atom. The number of aromatic nitrogens is 1. The van der Waals surface area contributed by atoms with Gasteiger partial charge >= 0.3 is 7.32 Å². The molecule has 1 atom stereocenters. The van der Waals surface area contributed by atoms with Gasteiger partial charge in [-0.1, -0.05) is 0 Å². The molecule has 0 saturated carbocycles. The Morgan fingerprint density at radius 1 is 1.56 bits per heavy atom. The molecule has 1 heterocycles. The van der Waals surface area contributed by atoms with Crippen LogP contribution in [-0.2, 0) is 0 Å². The summed E-state index contributed by atoms with van der Waals surface area (Å²) < 4.78 is 4.51. The van der Waals surface area contributed by atoms with E-state index in [0.717, 1.165) is 0 Å². The molecule has 0 spiro atoms. The van der Waals surface area contributed by atoms with E-state index in [9.17, 15) is 0 Å². The lowest BCUT2D eigenvalue weighted by molar-refractivity contribution is 0.324. The quantitative estimate of drug-likeness (QED) is 0.424. The molecule has 1 unspecified atom stereocenters. The summed E-state index contributed by atoms with van der Waals surface area (Å²) in [6, 6.07) is 0. The highest BCUT2D eigenvalue weighted by Crippen LogP contribution is 2.09. The molecule has 4 nitrogen and oxygen atoms in total. The minimum atomic E-state index is -1.71. The lowest BCUT2D eigenvalue weighted by Crippen LogP contribution is -2.19. The van der Waals surface area contributed by atoms with Crippen molar-refractivity contribution in [3.63, 3.8) is 0 Å². The summed E-state index contributed by atoms with van der Waals surface area (Å²) in [5.74, 6) is 0. The van der Waals surface area contributed by atoms with E-state index in [2.05, 4.69) is 9.08 Å². The molecule has 0 radical (unpaired) electrons. The van der Waals surface area contributed by atoms with Gasteiger partial charge in [-0.25, -0.2) is 4.98 Å². The van der Waals surface area contributed by atoms with Crippen molar-refractivity contribution in [3.8, 4) is 0 Å². The third kappa shape index (κ3) is 2.11. The summed E-state index contributed by atoms with van der Waals surface area (Å²) in [5, 5.41) is 18.2. The maximum Gasteiger partial charge on any atom is 0.688 e. The van der Waals surface area contributed by atoms with Crippen LogP contribution < -0.4 is 4.10 Å². The Morgan fingerprint density at radius 3 is 2.78 bits per heavy atom. The molecule has 0 aliphatic carbocycles.